The summed E-state index contributed by atoms with van der Waals surface area (Å²) >= 11 is 0. The smallest absolute Gasteiger partial charge is 0.197 e. The maximum absolute atomic E-state index is 15.1. The van der Waals surface area contributed by atoms with Crippen LogP contribution in [0, 0.1) is 26.2 Å². The summed E-state index contributed by atoms with van der Waals surface area (Å²) in [5, 5.41) is 8.26. The van der Waals surface area contributed by atoms with E-state index >= 15 is 4.39 Å². The Bertz CT molecular complexity index is 1220. The number of halogens is 1. The van der Waals surface area contributed by atoms with Gasteiger partial charge in [0.1, 0.15) is 11.5 Å². The van der Waals surface area contributed by atoms with Gasteiger partial charge in [-0.05, 0) is 61.2 Å². The molecule has 2 aromatic carbocycles. The molecule has 5 heteroatoms. The summed E-state index contributed by atoms with van der Waals surface area (Å²) in [6.07, 6.45) is 3.57. The molecule has 0 aliphatic rings. The summed E-state index contributed by atoms with van der Waals surface area (Å²) in [4.78, 5) is 8.00. The van der Waals surface area contributed by atoms with Crippen LogP contribution in [0.3, 0.4) is 0 Å². The third kappa shape index (κ3) is 3.38. The Kier molecular flexibility index (Phi) is 4.85. The first-order chi connectivity index (χ1) is 14.0. The molecule has 29 heavy (non-hydrogen) atoms. The minimum atomic E-state index is -0.292. The average Bonchev–Trinajstić information content (AvgIpc) is 3.10. The van der Waals surface area contributed by atoms with Gasteiger partial charge in [0, 0.05) is 28.4 Å². The number of aromatic nitrogens is 3. The molecule has 0 spiro atoms. The summed E-state index contributed by atoms with van der Waals surface area (Å²) in [5.74, 6) is -0.292. The zero-order chi connectivity index (χ0) is 20.5. The van der Waals surface area contributed by atoms with Gasteiger partial charge in [-0.2, -0.15) is 5.10 Å². The van der Waals surface area contributed by atoms with Crippen LogP contribution in [0.5, 0.6) is 0 Å². The maximum atomic E-state index is 15.1. The molecule has 0 unspecified atom stereocenters. The fraction of sp³-hybridized carbons (Fsp3) is 0.208. The third-order valence-corrected chi connectivity index (χ3v) is 5.14. The lowest BCUT2D eigenvalue weighted by Gasteiger charge is -2.13. The van der Waals surface area contributed by atoms with Crippen LogP contribution in [0.15, 0.2) is 42.6 Å². The van der Waals surface area contributed by atoms with Gasteiger partial charge in [0.15, 0.2) is 5.69 Å². The van der Waals surface area contributed by atoms with Gasteiger partial charge in [-0.15, -0.1) is 0 Å². The van der Waals surface area contributed by atoms with Crippen molar-refractivity contribution in [1.29, 1.82) is 0 Å². The Morgan fingerprint density at radius 3 is 2.62 bits per heavy atom. The standard InChI is InChI=1S/C24H21FN4/c1-5-6-16-9-14(2)23(20(25)10-16)18-11-19-22(12-21(18)26-4)28-29-24(19)17-8-7-15(3)27-13-17/h7-13H,5-6H2,1-3H3,(H,28,29). The number of nitrogens with zero attached hydrogens (tertiary/aromatic N) is 3. The van der Waals surface area contributed by atoms with Gasteiger partial charge in [0.2, 0.25) is 0 Å². The molecule has 0 fully saturated rings. The van der Waals surface area contributed by atoms with Gasteiger partial charge in [0.05, 0.1) is 12.1 Å². The number of hydrogen-bond acceptors (Lipinski definition) is 2. The van der Waals surface area contributed by atoms with Crippen LogP contribution in [0.4, 0.5) is 10.1 Å². The molecule has 0 amide bonds. The van der Waals surface area contributed by atoms with Crippen molar-refractivity contribution in [2.75, 3.05) is 0 Å². The number of hydrogen-bond donors (Lipinski definition) is 1. The SMILES string of the molecule is [C-]#[N+]c1cc2[nH]nc(-c3ccc(C)nc3)c2cc1-c1c(C)cc(CCC)cc1F. The highest BCUT2D eigenvalue weighted by atomic mass is 19.1. The highest BCUT2D eigenvalue weighted by Crippen LogP contribution is 2.40. The molecule has 0 bridgehead atoms. The van der Waals surface area contributed by atoms with E-state index in [0.29, 0.717) is 16.8 Å². The number of aryl methyl sites for hydroxylation is 3. The summed E-state index contributed by atoms with van der Waals surface area (Å²) in [5.41, 5.74) is 6.57. The molecule has 2 aromatic heterocycles. The number of H-pyrrole nitrogens is 1. The number of pyridine rings is 1. The molecule has 0 atom stereocenters. The lowest BCUT2D eigenvalue weighted by molar-refractivity contribution is 0.627. The highest BCUT2D eigenvalue weighted by Gasteiger charge is 2.18. The van der Waals surface area contributed by atoms with Crippen LogP contribution in [-0.4, -0.2) is 15.2 Å². The van der Waals surface area contributed by atoms with Crippen molar-refractivity contribution in [3.05, 3.63) is 76.7 Å². The van der Waals surface area contributed by atoms with Crippen molar-refractivity contribution in [2.24, 2.45) is 0 Å². The average molecular weight is 384 g/mol. The Balaban J connectivity index is 1.94. The van der Waals surface area contributed by atoms with E-state index < -0.39 is 0 Å². The Labute approximate surface area is 169 Å². The van der Waals surface area contributed by atoms with E-state index in [9.17, 15) is 0 Å². The topological polar surface area (TPSA) is 45.9 Å². The Hall–Kier alpha value is -3.52. The fourth-order valence-corrected chi connectivity index (χ4v) is 3.76. The Morgan fingerprint density at radius 1 is 1.14 bits per heavy atom. The molecule has 0 radical (unpaired) electrons. The maximum Gasteiger partial charge on any atom is 0.197 e. The highest BCUT2D eigenvalue weighted by molar-refractivity contribution is 6.00. The predicted octanol–water partition coefficient (Wildman–Crippen LogP) is 6.55. The molecule has 4 aromatic rings. The normalized spacial score (nSPS) is 11.0. The van der Waals surface area contributed by atoms with Gasteiger partial charge < -0.3 is 0 Å². The summed E-state index contributed by atoms with van der Waals surface area (Å²) in [7, 11) is 0. The zero-order valence-electron chi connectivity index (χ0n) is 16.7. The number of rotatable bonds is 4. The number of benzene rings is 2. The Morgan fingerprint density at radius 2 is 1.97 bits per heavy atom. The van der Waals surface area contributed by atoms with E-state index in [1.807, 2.05) is 38.1 Å². The molecule has 4 nitrogen and oxygen atoms in total. The molecular formula is C24H21FN4. The number of fused-ring (bicyclic) bond motifs is 1. The predicted molar refractivity (Wildman–Crippen MR) is 114 cm³/mol. The largest absolute Gasteiger partial charge is 0.278 e. The van der Waals surface area contributed by atoms with Crippen molar-refractivity contribution in [2.45, 2.75) is 33.6 Å². The van der Waals surface area contributed by atoms with Gasteiger partial charge in [-0.25, -0.2) is 9.24 Å². The third-order valence-electron chi connectivity index (χ3n) is 5.14. The van der Waals surface area contributed by atoms with E-state index in [1.54, 1.807) is 18.3 Å². The second-order valence-electron chi connectivity index (χ2n) is 7.31. The van der Waals surface area contributed by atoms with Crippen molar-refractivity contribution in [1.82, 2.24) is 15.2 Å². The summed E-state index contributed by atoms with van der Waals surface area (Å²) in [6, 6.07) is 11.1. The first-order valence-corrected chi connectivity index (χ1v) is 9.63. The van der Waals surface area contributed by atoms with E-state index in [-0.39, 0.29) is 5.82 Å². The second-order valence-corrected chi connectivity index (χ2v) is 7.31. The van der Waals surface area contributed by atoms with E-state index in [2.05, 4.69) is 27.0 Å². The lowest BCUT2D eigenvalue weighted by Crippen LogP contribution is -1.94. The molecule has 0 saturated heterocycles. The van der Waals surface area contributed by atoms with Crippen LogP contribution in [-0.2, 0) is 6.42 Å². The number of nitrogens with one attached hydrogen (secondary N) is 1. The van der Waals surface area contributed by atoms with Crippen molar-refractivity contribution in [3.63, 3.8) is 0 Å². The summed E-state index contributed by atoms with van der Waals surface area (Å²) in [6.45, 7) is 13.5. The molecule has 0 saturated carbocycles. The molecule has 0 aliphatic carbocycles. The fourth-order valence-electron chi connectivity index (χ4n) is 3.76. The molecule has 144 valence electrons. The van der Waals surface area contributed by atoms with E-state index in [1.165, 1.54) is 0 Å². The van der Waals surface area contributed by atoms with Crippen molar-refractivity contribution < 1.29 is 4.39 Å². The second kappa shape index (κ2) is 7.48. The van der Waals surface area contributed by atoms with Crippen molar-refractivity contribution in [3.8, 4) is 22.4 Å². The van der Waals surface area contributed by atoms with Crippen molar-refractivity contribution >= 4 is 16.6 Å². The van der Waals surface area contributed by atoms with Crippen LogP contribution >= 0.6 is 0 Å². The molecule has 1 N–H and O–H groups in total. The van der Waals surface area contributed by atoms with Gasteiger partial charge >= 0.3 is 0 Å². The first-order valence-electron chi connectivity index (χ1n) is 9.63. The van der Waals surface area contributed by atoms with Gasteiger partial charge in [-0.1, -0.05) is 25.5 Å². The van der Waals surface area contributed by atoms with Crippen LogP contribution in [0.2, 0.25) is 0 Å². The van der Waals surface area contributed by atoms with Crippen LogP contribution < -0.4 is 0 Å². The monoisotopic (exact) mass is 384 g/mol. The van der Waals surface area contributed by atoms with E-state index in [0.717, 1.165) is 51.8 Å². The van der Waals surface area contributed by atoms with Crippen LogP contribution in [0.25, 0.3) is 38.1 Å². The first kappa shape index (κ1) is 18.8. The number of aromatic amines is 1. The van der Waals surface area contributed by atoms with Gasteiger partial charge in [0.25, 0.3) is 0 Å². The lowest BCUT2D eigenvalue weighted by atomic mass is 9.93. The minimum Gasteiger partial charge on any atom is -0.278 e. The van der Waals surface area contributed by atoms with E-state index in [4.69, 9.17) is 6.57 Å². The summed E-state index contributed by atoms with van der Waals surface area (Å²) < 4.78 is 15.1. The zero-order valence-corrected chi connectivity index (χ0v) is 16.7. The molecule has 2 heterocycles. The minimum absolute atomic E-state index is 0.292. The quantitative estimate of drug-likeness (QED) is 0.405. The molecule has 4 rings (SSSR count). The molecule has 0 aliphatic heterocycles. The van der Waals surface area contributed by atoms with Gasteiger partial charge in [-0.3, -0.25) is 10.1 Å². The van der Waals surface area contributed by atoms with Crippen LogP contribution in [0.1, 0.15) is 30.2 Å². The molecular weight excluding hydrogens is 363 g/mol.